The fraction of sp³-hybridized carbons (Fsp3) is 0.727. The quantitative estimate of drug-likeness (QED) is 0.721. The first-order chi connectivity index (χ1) is 6.65. The highest BCUT2D eigenvalue weighted by Crippen LogP contribution is 2.45. The van der Waals surface area contributed by atoms with E-state index in [1.54, 1.807) is 0 Å². The summed E-state index contributed by atoms with van der Waals surface area (Å²) >= 11 is 7.87. The lowest BCUT2D eigenvalue weighted by Gasteiger charge is -2.39. The molecule has 0 unspecified atom stereocenters. The van der Waals surface area contributed by atoms with Crippen molar-refractivity contribution < 1.29 is 0 Å². The molecular formula is C11H16ClNS. The van der Waals surface area contributed by atoms with Gasteiger partial charge in [-0.05, 0) is 32.1 Å². The van der Waals surface area contributed by atoms with Crippen LogP contribution in [-0.2, 0) is 6.42 Å². The molecule has 0 radical (unpaired) electrons. The van der Waals surface area contributed by atoms with Crippen molar-refractivity contribution in [3.63, 3.8) is 0 Å². The molecule has 1 fully saturated rings. The molecule has 0 aromatic carbocycles. The Bertz CT molecular complexity index is 303. The summed E-state index contributed by atoms with van der Waals surface area (Å²) in [6.07, 6.45) is 5.01. The maximum atomic E-state index is 6.03. The molecular weight excluding hydrogens is 214 g/mol. The number of hydrogen-bond donors (Lipinski definition) is 0. The van der Waals surface area contributed by atoms with Crippen LogP contribution in [0, 0.1) is 19.3 Å². The Balaban J connectivity index is 2.09. The SMILES string of the molecule is Cc1nc(CC2(CCl)CCC2)sc1C. The van der Waals surface area contributed by atoms with Gasteiger partial charge in [-0.15, -0.1) is 22.9 Å². The lowest BCUT2D eigenvalue weighted by Crippen LogP contribution is -2.33. The average molecular weight is 230 g/mol. The lowest BCUT2D eigenvalue weighted by atomic mass is 9.68. The normalized spacial score (nSPS) is 19.4. The minimum atomic E-state index is 0.387. The van der Waals surface area contributed by atoms with Crippen molar-refractivity contribution in [1.82, 2.24) is 4.98 Å². The number of nitrogens with zero attached hydrogens (tertiary/aromatic N) is 1. The van der Waals surface area contributed by atoms with Gasteiger partial charge in [0.15, 0.2) is 0 Å². The van der Waals surface area contributed by atoms with Gasteiger partial charge in [0, 0.05) is 17.2 Å². The first kappa shape index (κ1) is 10.4. The van der Waals surface area contributed by atoms with Crippen LogP contribution >= 0.6 is 22.9 Å². The molecule has 0 saturated heterocycles. The molecule has 1 saturated carbocycles. The van der Waals surface area contributed by atoms with Gasteiger partial charge in [-0.3, -0.25) is 0 Å². The molecule has 0 aliphatic heterocycles. The van der Waals surface area contributed by atoms with Gasteiger partial charge in [-0.2, -0.15) is 0 Å². The highest BCUT2D eigenvalue weighted by atomic mass is 35.5. The number of rotatable bonds is 3. The minimum absolute atomic E-state index is 0.387. The van der Waals surface area contributed by atoms with E-state index in [9.17, 15) is 0 Å². The van der Waals surface area contributed by atoms with Crippen molar-refractivity contribution in [1.29, 1.82) is 0 Å². The van der Waals surface area contributed by atoms with Gasteiger partial charge >= 0.3 is 0 Å². The summed E-state index contributed by atoms with van der Waals surface area (Å²) in [5.41, 5.74) is 1.58. The van der Waals surface area contributed by atoms with Crippen molar-refractivity contribution in [2.24, 2.45) is 5.41 Å². The highest BCUT2D eigenvalue weighted by Gasteiger charge is 2.37. The molecule has 0 amide bonds. The van der Waals surface area contributed by atoms with Crippen LogP contribution in [-0.4, -0.2) is 10.9 Å². The van der Waals surface area contributed by atoms with Crippen LogP contribution in [0.1, 0.15) is 34.8 Å². The third kappa shape index (κ3) is 1.82. The Hall–Kier alpha value is -0.0800. The topological polar surface area (TPSA) is 12.9 Å². The standard InChI is InChI=1S/C11H16ClNS/c1-8-9(2)14-10(13-8)6-11(7-12)4-3-5-11/h3-7H2,1-2H3. The number of aryl methyl sites for hydroxylation is 2. The number of aromatic nitrogens is 1. The lowest BCUT2D eigenvalue weighted by molar-refractivity contribution is 0.166. The minimum Gasteiger partial charge on any atom is -0.246 e. The monoisotopic (exact) mass is 229 g/mol. The summed E-state index contributed by atoms with van der Waals surface area (Å²) in [6, 6.07) is 0. The first-order valence-corrected chi connectivity index (χ1v) is 6.49. The molecule has 1 aromatic rings. The van der Waals surface area contributed by atoms with Crippen molar-refractivity contribution in [3.05, 3.63) is 15.6 Å². The zero-order valence-corrected chi connectivity index (χ0v) is 10.3. The van der Waals surface area contributed by atoms with E-state index in [2.05, 4.69) is 18.8 Å². The van der Waals surface area contributed by atoms with Crippen LogP contribution in [0.15, 0.2) is 0 Å². The van der Waals surface area contributed by atoms with E-state index in [0.717, 1.165) is 12.3 Å². The van der Waals surface area contributed by atoms with E-state index in [4.69, 9.17) is 11.6 Å². The molecule has 1 aliphatic carbocycles. The van der Waals surface area contributed by atoms with Crippen LogP contribution in [0.2, 0.25) is 0 Å². The van der Waals surface area contributed by atoms with Crippen molar-refractivity contribution in [3.8, 4) is 0 Å². The number of thiazole rings is 1. The van der Waals surface area contributed by atoms with Crippen LogP contribution in [0.4, 0.5) is 0 Å². The summed E-state index contributed by atoms with van der Waals surface area (Å²) in [7, 11) is 0. The van der Waals surface area contributed by atoms with Gasteiger partial charge in [0.1, 0.15) is 0 Å². The molecule has 1 heterocycles. The van der Waals surface area contributed by atoms with Gasteiger partial charge in [-0.25, -0.2) is 4.98 Å². The second kappa shape index (κ2) is 3.82. The Labute approximate surface area is 94.5 Å². The molecule has 1 aliphatic rings. The molecule has 78 valence electrons. The van der Waals surface area contributed by atoms with Crippen molar-refractivity contribution in [2.75, 3.05) is 5.88 Å². The fourth-order valence-electron chi connectivity index (χ4n) is 1.97. The number of halogens is 1. The smallest absolute Gasteiger partial charge is 0.0936 e. The molecule has 0 atom stereocenters. The van der Waals surface area contributed by atoms with Crippen LogP contribution in [0.5, 0.6) is 0 Å². The van der Waals surface area contributed by atoms with Gasteiger partial charge < -0.3 is 0 Å². The Morgan fingerprint density at radius 1 is 1.43 bits per heavy atom. The molecule has 0 bridgehead atoms. The largest absolute Gasteiger partial charge is 0.246 e. The van der Waals surface area contributed by atoms with E-state index in [-0.39, 0.29) is 0 Å². The van der Waals surface area contributed by atoms with E-state index in [0.29, 0.717) is 5.41 Å². The zero-order chi connectivity index (χ0) is 10.2. The molecule has 0 spiro atoms. The van der Waals surface area contributed by atoms with Crippen molar-refractivity contribution >= 4 is 22.9 Å². The summed E-state index contributed by atoms with van der Waals surface area (Å²) in [5, 5.41) is 1.28. The Morgan fingerprint density at radius 3 is 2.50 bits per heavy atom. The van der Waals surface area contributed by atoms with E-state index in [1.165, 1.54) is 34.8 Å². The molecule has 1 aromatic heterocycles. The van der Waals surface area contributed by atoms with Gasteiger partial charge in [-0.1, -0.05) is 6.42 Å². The predicted molar refractivity (Wildman–Crippen MR) is 62.3 cm³/mol. The van der Waals surface area contributed by atoms with Crippen LogP contribution < -0.4 is 0 Å². The van der Waals surface area contributed by atoms with E-state index < -0.39 is 0 Å². The Kier molecular flexibility index (Phi) is 2.85. The highest BCUT2D eigenvalue weighted by molar-refractivity contribution is 7.11. The van der Waals surface area contributed by atoms with E-state index in [1.807, 2.05) is 11.3 Å². The number of alkyl halides is 1. The second-order valence-corrected chi connectivity index (χ2v) is 5.97. The van der Waals surface area contributed by atoms with Crippen LogP contribution in [0.3, 0.4) is 0 Å². The predicted octanol–water partition coefficient (Wildman–Crippen LogP) is 3.71. The third-order valence-corrected chi connectivity index (χ3v) is 4.94. The summed E-state index contributed by atoms with van der Waals surface area (Å²) < 4.78 is 0. The summed E-state index contributed by atoms with van der Waals surface area (Å²) in [5.74, 6) is 0.796. The first-order valence-electron chi connectivity index (χ1n) is 5.14. The van der Waals surface area contributed by atoms with E-state index >= 15 is 0 Å². The fourth-order valence-corrected chi connectivity index (χ4v) is 3.44. The van der Waals surface area contributed by atoms with Crippen LogP contribution in [0.25, 0.3) is 0 Å². The maximum absolute atomic E-state index is 6.03. The molecule has 0 N–H and O–H groups in total. The molecule has 1 nitrogen and oxygen atoms in total. The second-order valence-electron chi connectivity index (χ2n) is 4.41. The maximum Gasteiger partial charge on any atom is 0.0936 e. The average Bonchev–Trinajstić information content (AvgIpc) is 2.39. The van der Waals surface area contributed by atoms with Crippen molar-refractivity contribution in [2.45, 2.75) is 39.5 Å². The van der Waals surface area contributed by atoms with Gasteiger partial charge in [0.05, 0.1) is 10.7 Å². The summed E-state index contributed by atoms with van der Waals surface area (Å²) in [6.45, 7) is 4.23. The molecule has 3 heteroatoms. The van der Waals surface area contributed by atoms with Gasteiger partial charge in [0.2, 0.25) is 0 Å². The summed E-state index contributed by atoms with van der Waals surface area (Å²) in [4.78, 5) is 5.94. The zero-order valence-electron chi connectivity index (χ0n) is 8.77. The molecule has 2 rings (SSSR count). The Morgan fingerprint density at radius 2 is 2.14 bits per heavy atom. The molecule has 14 heavy (non-hydrogen) atoms. The van der Waals surface area contributed by atoms with Gasteiger partial charge in [0.25, 0.3) is 0 Å². The third-order valence-electron chi connectivity index (χ3n) is 3.30. The number of hydrogen-bond acceptors (Lipinski definition) is 2.